The van der Waals surface area contributed by atoms with Gasteiger partial charge in [-0.05, 0) is 70.0 Å². The normalized spacial score (nSPS) is 17.6. The van der Waals surface area contributed by atoms with Gasteiger partial charge in [-0.25, -0.2) is 0 Å². The topological polar surface area (TPSA) is 50.2 Å². The Morgan fingerprint density at radius 2 is 2.11 bits per heavy atom. The van der Waals surface area contributed by atoms with Crippen LogP contribution in [-0.2, 0) is 6.54 Å². The number of piperidine rings is 1. The second-order valence-electron chi connectivity index (χ2n) is 8.03. The number of benzene rings is 1. The van der Waals surface area contributed by atoms with E-state index in [1.54, 1.807) is 0 Å². The standard InChI is InChI=1S/C23H34N4O/c1-4-5-12-26-13-7-6-11-22(26)16-24-23(28)21-10-8-9-20(15-21)17-27-19(3)14-18(2)25-27/h8-10,14-15,22H,4-7,11-13,16-17H2,1-3H3,(H,24,28). The minimum absolute atomic E-state index is 0.0243. The fraction of sp³-hybridized carbons (Fsp3) is 0.565. The zero-order valence-electron chi connectivity index (χ0n) is 17.6. The molecule has 1 aliphatic heterocycles. The molecule has 0 saturated carbocycles. The number of carbonyl (C=O) groups excluding carboxylic acids is 1. The molecule has 1 atom stereocenters. The first kappa shape index (κ1) is 20.6. The molecule has 1 aromatic heterocycles. The van der Waals surface area contributed by atoms with Crippen LogP contribution >= 0.6 is 0 Å². The highest BCUT2D eigenvalue weighted by molar-refractivity contribution is 5.94. The molecule has 3 rings (SSSR count). The minimum atomic E-state index is 0.0243. The van der Waals surface area contributed by atoms with Crippen LogP contribution in [0.2, 0.25) is 0 Å². The van der Waals surface area contributed by atoms with Crippen LogP contribution in [0.5, 0.6) is 0 Å². The van der Waals surface area contributed by atoms with Gasteiger partial charge in [-0.15, -0.1) is 0 Å². The van der Waals surface area contributed by atoms with Crippen molar-refractivity contribution in [1.82, 2.24) is 20.0 Å². The maximum Gasteiger partial charge on any atom is 0.251 e. The number of amides is 1. The van der Waals surface area contributed by atoms with E-state index in [0.29, 0.717) is 12.6 Å². The van der Waals surface area contributed by atoms with Crippen LogP contribution in [0.1, 0.15) is 66.3 Å². The average Bonchev–Trinajstić information content (AvgIpc) is 3.02. The highest BCUT2D eigenvalue weighted by Gasteiger charge is 2.22. The Morgan fingerprint density at radius 3 is 2.86 bits per heavy atom. The summed E-state index contributed by atoms with van der Waals surface area (Å²) in [5, 5.41) is 7.70. The Kier molecular flexibility index (Phi) is 7.26. The van der Waals surface area contributed by atoms with Crippen LogP contribution in [0.25, 0.3) is 0 Å². The third-order valence-corrected chi connectivity index (χ3v) is 5.67. The molecular weight excluding hydrogens is 348 g/mol. The molecule has 1 amide bonds. The van der Waals surface area contributed by atoms with Crippen molar-refractivity contribution in [3.8, 4) is 0 Å². The molecular formula is C23H34N4O. The molecule has 28 heavy (non-hydrogen) atoms. The highest BCUT2D eigenvalue weighted by Crippen LogP contribution is 2.17. The molecule has 2 heterocycles. The number of unbranched alkanes of at least 4 members (excludes halogenated alkanes) is 1. The first-order valence-corrected chi connectivity index (χ1v) is 10.7. The van der Waals surface area contributed by atoms with E-state index < -0.39 is 0 Å². The predicted molar refractivity (Wildman–Crippen MR) is 114 cm³/mol. The summed E-state index contributed by atoms with van der Waals surface area (Å²) in [6.45, 7) is 10.0. The van der Waals surface area contributed by atoms with Crippen molar-refractivity contribution in [2.24, 2.45) is 0 Å². The Balaban J connectivity index is 1.59. The fourth-order valence-electron chi connectivity index (χ4n) is 4.08. The lowest BCUT2D eigenvalue weighted by Crippen LogP contribution is -2.47. The molecule has 5 heteroatoms. The lowest BCUT2D eigenvalue weighted by molar-refractivity contribution is 0.0912. The first-order chi connectivity index (χ1) is 13.6. The van der Waals surface area contributed by atoms with Crippen LogP contribution in [0.3, 0.4) is 0 Å². The Hall–Kier alpha value is -2.14. The van der Waals surface area contributed by atoms with Gasteiger partial charge in [-0.1, -0.05) is 31.9 Å². The lowest BCUT2D eigenvalue weighted by Gasteiger charge is -2.35. The maximum absolute atomic E-state index is 12.7. The molecule has 1 N–H and O–H groups in total. The van der Waals surface area contributed by atoms with Crippen molar-refractivity contribution >= 4 is 5.91 Å². The number of carbonyl (C=O) groups is 1. The molecule has 152 valence electrons. The molecule has 5 nitrogen and oxygen atoms in total. The number of nitrogens with zero attached hydrogens (tertiary/aromatic N) is 3. The number of likely N-dealkylation sites (tertiary alicyclic amines) is 1. The summed E-state index contributed by atoms with van der Waals surface area (Å²) in [5.41, 5.74) is 3.99. The van der Waals surface area contributed by atoms with Crippen molar-refractivity contribution in [2.75, 3.05) is 19.6 Å². The summed E-state index contributed by atoms with van der Waals surface area (Å²) in [7, 11) is 0. The van der Waals surface area contributed by atoms with Crippen molar-refractivity contribution < 1.29 is 4.79 Å². The maximum atomic E-state index is 12.7. The number of aromatic nitrogens is 2. The molecule has 2 aromatic rings. The Labute approximate surface area is 169 Å². The Bertz CT molecular complexity index is 783. The van der Waals surface area contributed by atoms with Gasteiger partial charge in [0.05, 0.1) is 12.2 Å². The summed E-state index contributed by atoms with van der Waals surface area (Å²) in [4.78, 5) is 15.3. The van der Waals surface area contributed by atoms with Gasteiger partial charge >= 0.3 is 0 Å². The molecule has 0 spiro atoms. The van der Waals surface area contributed by atoms with Gasteiger partial charge in [0.25, 0.3) is 5.91 Å². The monoisotopic (exact) mass is 382 g/mol. The van der Waals surface area contributed by atoms with Crippen molar-refractivity contribution in [3.63, 3.8) is 0 Å². The highest BCUT2D eigenvalue weighted by atomic mass is 16.1. The third-order valence-electron chi connectivity index (χ3n) is 5.67. The van der Waals surface area contributed by atoms with E-state index in [1.807, 2.05) is 29.8 Å². The van der Waals surface area contributed by atoms with Crippen molar-refractivity contribution in [3.05, 3.63) is 52.8 Å². The first-order valence-electron chi connectivity index (χ1n) is 10.7. The van der Waals surface area contributed by atoms with Crippen LogP contribution in [0.15, 0.2) is 30.3 Å². The fourth-order valence-corrected chi connectivity index (χ4v) is 4.08. The summed E-state index contributed by atoms with van der Waals surface area (Å²) in [6.07, 6.45) is 6.18. The van der Waals surface area contributed by atoms with E-state index in [9.17, 15) is 4.79 Å². The molecule has 1 aliphatic rings. The van der Waals surface area contributed by atoms with Crippen LogP contribution in [0, 0.1) is 13.8 Å². The Morgan fingerprint density at radius 1 is 1.25 bits per heavy atom. The largest absolute Gasteiger partial charge is 0.350 e. The minimum Gasteiger partial charge on any atom is -0.350 e. The summed E-state index contributed by atoms with van der Waals surface area (Å²) in [5.74, 6) is 0.0243. The van der Waals surface area contributed by atoms with Crippen molar-refractivity contribution in [1.29, 1.82) is 0 Å². The zero-order chi connectivity index (χ0) is 19.9. The van der Waals surface area contributed by atoms with Crippen LogP contribution in [-0.4, -0.2) is 46.3 Å². The molecule has 0 aliphatic carbocycles. The van der Waals surface area contributed by atoms with Crippen LogP contribution in [0.4, 0.5) is 0 Å². The number of rotatable bonds is 8. The SMILES string of the molecule is CCCCN1CCCCC1CNC(=O)c1cccc(Cn2nc(C)cc2C)c1. The summed E-state index contributed by atoms with van der Waals surface area (Å²) < 4.78 is 1.99. The van der Waals surface area contributed by atoms with Crippen LogP contribution < -0.4 is 5.32 Å². The number of hydrogen-bond donors (Lipinski definition) is 1. The van der Waals surface area contributed by atoms with Crippen molar-refractivity contribution in [2.45, 2.75) is 65.5 Å². The van der Waals surface area contributed by atoms with E-state index >= 15 is 0 Å². The molecule has 0 radical (unpaired) electrons. The van der Waals surface area contributed by atoms with Gasteiger partial charge in [0, 0.05) is 23.8 Å². The average molecular weight is 383 g/mol. The van der Waals surface area contributed by atoms with E-state index in [4.69, 9.17) is 0 Å². The lowest BCUT2D eigenvalue weighted by atomic mass is 10.0. The van der Waals surface area contributed by atoms with E-state index in [-0.39, 0.29) is 5.91 Å². The summed E-state index contributed by atoms with van der Waals surface area (Å²) >= 11 is 0. The van der Waals surface area contributed by atoms with E-state index in [0.717, 1.165) is 35.6 Å². The second-order valence-corrected chi connectivity index (χ2v) is 8.03. The molecule has 1 unspecified atom stereocenters. The van der Waals surface area contributed by atoms with Gasteiger partial charge in [0.2, 0.25) is 0 Å². The number of nitrogens with one attached hydrogen (secondary N) is 1. The predicted octanol–water partition coefficient (Wildman–Crippen LogP) is 3.93. The van der Waals surface area contributed by atoms with E-state index in [1.165, 1.54) is 38.6 Å². The zero-order valence-corrected chi connectivity index (χ0v) is 17.6. The molecule has 1 saturated heterocycles. The number of aryl methyl sites for hydroxylation is 2. The van der Waals surface area contributed by atoms with E-state index in [2.05, 4.69) is 41.3 Å². The quantitative estimate of drug-likeness (QED) is 0.752. The molecule has 0 bridgehead atoms. The smallest absolute Gasteiger partial charge is 0.251 e. The van der Waals surface area contributed by atoms with Gasteiger partial charge in [0.1, 0.15) is 0 Å². The van der Waals surface area contributed by atoms with Gasteiger partial charge in [-0.3, -0.25) is 14.4 Å². The second kappa shape index (κ2) is 9.87. The molecule has 1 fully saturated rings. The number of hydrogen-bond acceptors (Lipinski definition) is 3. The molecule has 1 aromatic carbocycles. The van der Waals surface area contributed by atoms with Gasteiger partial charge in [-0.2, -0.15) is 5.10 Å². The third kappa shape index (κ3) is 5.44. The summed E-state index contributed by atoms with van der Waals surface area (Å²) in [6, 6.07) is 10.5. The van der Waals surface area contributed by atoms with Gasteiger partial charge < -0.3 is 5.32 Å². The van der Waals surface area contributed by atoms with Gasteiger partial charge in [0.15, 0.2) is 0 Å².